The van der Waals surface area contributed by atoms with E-state index in [4.69, 9.17) is 0 Å². The summed E-state index contributed by atoms with van der Waals surface area (Å²) < 4.78 is 0. The first-order valence-corrected chi connectivity index (χ1v) is 6.82. The smallest absolute Gasteiger partial charge is 0.244 e. The summed E-state index contributed by atoms with van der Waals surface area (Å²) in [6.07, 6.45) is 6.98. The fraction of sp³-hybridized carbons (Fsp3) is 0.438. The largest absolute Gasteiger partial charge is 0.388 e. The minimum absolute atomic E-state index is 0.151. The highest BCUT2D eigenvalue weighted by Gasteiger charge is 2.30. The van der Waals surface area contributed by atoms with Crippen LogP contribution in [0.3, 0.4) is 0 Å². The maximum Gasteiger partial charge on any atom is 0.244 e. The molecule has 0 saturated heterocycles. The van der Waals surface area contributed by atoms with Gasteiger partial charge in [0.2, 0.25) is 5.91 Å². The predicted octanol–water partition coefficient (Wildman–Crippen LogP) is 2.43. The molecule has 3 nitrogen and oxygen atoms in total. The fourth-order valence-corrected chi connectivity index (χ4v) is 2.47. The number of rotatable bonds is 4. The zero-order valence-electron chi connectivity index (χ0n) is 11.4. The highest BCUT2D eigenvalue weighted by molar-refractivity contribution is 5.91. The Balaban J connectivity index is 1.84. The van der Waals surface area contributed by atoms with Crippen LogP contribution in [0.5, 0.6) is 0 Å². The molecule has 0 unspecified atom stereocenters. The van der Waals surface area contributed by atoms with Gasteiger partial charge in [-0.25, -0.2) is 0 Å². The Morgan fingerprint density at radius 3 is 2.84 bits per heavy atom. The molecule has 2 N–H and O–H groups in total. The van der Waals surface area contributed by atoms with Crippen LogP contribution in [0.2, 0.25) is 0 Å². The number of aryl methyl sites for hydroxylation is 1. The van der Waals surface area contributed by atoms with Crippen LogP contribution in [0.4, 0.5) is 0 Å². The van der Waals surface area contributed by atoms with E-state index < -0.39 is 5.60 Å². The summed E-state index contributed by atoms with van der Waals surface area (Å²) in [5, 5.41) is 12.9. The van der Waals surface area contributed by atoms with Crippen LogP contribution in [-0.2, 0) is 4.79 Å². The number of carbonyl (C=O) groups is 1. The van der Waals surface area contributed by atoms with Gasteiger partial charge in [0.05, 0.1) is 5.60 Å². The maximum atomic E-state index is 11.7. The molecule has 0 aromatic heterocycles. The predicted molar refractivity (Wildman–Crippen MR) is 76.6 cm³/mol. The number of carbonyl (C=O) groups excluding carboxylic acids is 1. The lowest BCUT2D eigenvalue weighted by Crippen LogP contribution is -2.40. The summed E-state index contributed by atoms with van der Waals surface area (Å²) >= 11 is 0. The number of benzene rings is 1. The van der Waals surface area contributed by atoms with Crippen LogP contribution < -0.4 is 5.32 Å². The van der Waals surface area contributed by atoms with Gasteiger partial charge in [0.15, 0.2) is 0 Å². The first-order chi connectivity index (χ1) is 9.07. The minimum atomic E-state index is -0.688. The van der Waals surface area contributed by atoms with Crippen LogP contribution >= 0.6 is 0 Å². The van der Waals surface area contributed by atoms with Crippen LogP contribution in [-0.4, -0.2) is 23.2 Å². The molecule has 1 amide bonds. The van der Waals surface area contributed by atoms with Crippen molar-refractivity contribution < 1.29 is 9.90 Å². The lowest BCUT2D eigenvalue weighted by Gasteiger charge is -2.21. The molecule has 102 valence electrons. The molecule has 1 saturated carbocycles. The first kappa shape index (κ1) is 13.8. The van der Waals surface area contributed by atoms with Crippen molar-refractivity contribution >= 4 is 12.0 Å². The second kappa shape index (κ2) is 6.02. The lowest BCUT2D eigenvalue weighted by molar-refractivity contribution is -0.117. The van der Waals surface area contributed by atoms with Crippen molar-refractivity contribution in [3.63, 3.8) is 0 Å². The zero-order valence-corrected chi connectivity index (χ0v) is 11.4. The molecule has 1 aromatic rings. The van der Waals surface area contributed by atoms with Gasteiger partial charge in [-0.15, -0.1) is 0 Å². The Bertz CT molecular complexity index is 473. The van der Waals surface area contributed by atoms with Crippen LogP contribution in [0.15, 0.2) is 30.3 Å². The molecule has 1 fully saturated rings. The van der Waals surface area contributed by atoms with Gasteiger partial charge in [-0.3, -0.25) is 4.79 Å². The maximum absolute atomic E-state index is 11.7. The van der Waals surface area contributed by atoms with Crippen molar-refractivity contribution in [2.24, 2.45) is 0 Å². The van der Waals surface area contributed by atoms with Gasteiger partial charge in [0.1, 0.15) is 0 Å². The molecule has 0 bridgehead atoms. The molecular weight excluding hydrogens is 238 g/mol. The zero-order chi connectivity index (χ0) is 13.7. The molecule has 2 rings (SSSR count). The fourth-order valence-electron chi connectivity index (χ4n) is 2.47. The second-order valence-corrected chi connectivity index (χ2v) is 5.40. The van der Waals surface area contributed by atoms with Crippen molar-refractivity contribution in [2.45, 2.75) is 38.2 Å². The SMILES string of the molecule is Cc1cccc(C=CC(=O)NCC2(O)CCCC2)c1. The second-order valence-electron chi connectivity index (χ2n) is 5.40. The third-order valence-corrected chi connectivity index (χ3v) is 3.60. The molecule has 1 aromatic carbocycles. The molecule has 0 heterocycles. The van der Waals surface area contributed by atoms with Gasteiger partial charge in [0.25, 0.3) is 0 Å². The lowest BCUT2D eigenvalue weighted by atomic mass is 10.0. The summed E-state index contributed by atoms with van der Waals surface area (Å²) in [4.78, 5) is 11.7. The molecule has 3 heteroatoms. The third-order valence-electron chi connectivity index (χ3n) is 3.60. The number of nitrogens with one attached hydrogen (secondary N) is 1. The van der Waals surface area contributed by atoms with Crippen molar-refractivity contribution in [3.05, 3.63) is 41.5 Å². The van der Waals surface area contributed by atoms with E-state index in [2.05, 4.69) is 5.32 Å². The van der Waals surface area contributed by atoms with E-state index in [0.717, 1.165) is 31.2 Å². The van der Waals surface area contributed by atoms with E-state index in [0.29, 0.717) is 6.54 Å². The standard InChI is InChI=1S/C16H21NO2/c1-13-5-4-6-14(11-13)7-8-15(18)17-12-16(19)9-2-3-10-16/h4-8,11,19H,2-3,9-10,12H2,1H3,(H,17,18). The molecule has 1 aliphatic carbocycles. The number of hydrogen-bond donors (Lipinski definition) is 2. The average molecular weight is 259 g/mol. The van der Waals surface area contributed by atoms with Crippen LogP contribution in [0.25, 0.3) is 6.08 Å². The molecule has 0 aliphatic heterocycles. The van der Waals surface area contributed by atoms with E-state index in [1.807, 2.05) is 31.2 Å². The summed E-state index contributed by atoms with van der Waals surface area (Å²) in [6, 6.07) is 7.97. The summed E-state index contributed by atoms with van der Waals surface area (Å²) in [7, 11) is 0. The van der Waals surface area contributed by atoms with Crippen molar-refractivity contribution in [2.75, 3.05) is 6.54 Å². The van der Waals surface area contributed by atoms with Crippen LogP contribution in [0.1, 0.15) is 36.8 Å². The number of aliphatic hydroxyl groups is 1. The van der Waals surface area contributed by atoms with Crippen LogP contribution in [0, 0.1) is 6.92 Å². The van der Waals surface area contributed by atoms with E-state index in [-0.39, 0.29) is 5.91 Å². The summed E-state index contributed by atoms with van der Waals surface area (Å²) in [5.74, 6) is -0.151. The summed E-state index contributed by atoms with van der Waals surface area (Å²) in [6.45, 7) is 2.37. The highest BCUT2D eigenvalue weighted by Crippen LogP contribution is 2.28. The molecule has 19 heavy (non-hydrogen) atoms. The third kappa shape index (κ3) is 4.21. The highest BCUT2D eigenvalue weighted by atomic mass is 16.3. The molecule has 0 radical (unpaired) electrons. The quantitative estimate of drug-likeness (QED) is 0.816. The Labute approximate surface area is 114 Å². The molecule has 0 atom stereocenters. The Kier molecular flexibility index (Phi) is 4.38. The van der Waals surface area contributed by atoms with Crippen molar-refractivity contribution in [1.82, 2.24) is 5.32 Å². The van der Waals surface area contributed by atoms with Gasteiger partial charge < -0.3 is 10.4 Å². The van der Waals surface area contributed by atoms with E-state index in [1.165, 1.54) is 11.6 Å². The normalized spacial score (nSPS) is 17.8. The van der Waals surface area contributed by atoms with E-state index in [9.17, 15) is 9.90 Å². The van der Waals surface area contributed by atoms with Gasteiger partial charge >= 0.3 is 0 Å². The monoisotopic (exact) mass is 259 g/mol. The Hall–Kier alpha value is -1.61. The molecular formula is C16H21NO2. The van der Waals surface area contributed by atoms with Gasteiger partial charge in [-0.05, 0) is 31.4 Å². The topological polar surface area (TPSA) is 49.3 Å². The van der Waals surface area contributed by atoms with Crippen molar-refractivity contribution in [3.8, 4) is 0 Å². The van der Waals surface area contributed by atoms with Gasteiger partial charge in [-0.2, -0.15) is 0 Å². The number of hydrogen-bond acceptors (Lipinski definition) is 2. The first-order valence-electron chi connectivity index (χ1n) is 6.82. The average Bonchev–Trinajstić information content (AvgIpc) is 2.82. The van der Waals surface area contributed by atoms with E-state index in [1.54, 1.807) is 6.08 Å². The Morgan fingerprint density at radius 1 is 1.42 bits per heavy atom. The van der Waals surface area contributed by atoms with Crippen molar-refractivity contribution in [1.29, 1.82) is 0 Å². The van der Waals surface area contributed by atoms with E-state index >= 15 is 0 Å². The Morgan fingerprint density at radius 2 is 2.16 bits per heavy atom. The van der Waals surface area contributed by atoms with Gasteiger partial charge in [-0.1, -0.05) is 42.7 Å². The van der Waals surface area contributed by atoms with Gasteiger partial charge in [0, 0.05) is 12.6 Å². The number of amides is 1. The molecule has 1 aliphatic rings. The summed E-state index contributed by atoms with van der Waals surface area (Å²) in [5.41, 5.74) is 1.49. The molecule has 0 spiro atoms. The minimum Gasteiger partial charge on any atom is -0.388 e.